The molecule has 0 unspecified atom stereocenters. The first-order valence-electron chi connectivity index (χ1n) is 4.07. The van der Waals surface area contributed by atoms with Gasteiger partial charge in [-0.3, -0.25) is 4.79 Å². The van der Waals surface area contributed by atoms with Gasteiger partial charge in [-0.25, -0.2) is 0 Å². The van der Waals surface area contributed by atoms with Gasteiger partial charge in [-0.15, -0.1) is 6.58 Å². The van der Waals surface area contributed by atoms with Gasteiger partial charge < -0.3 is 9.67 Å². The summed E-state index contributed by atoms with van der Waals surface area (Å²) in [5, 5.41) is 9.47. The summed E-state index contributed by atoms with van der Waals surface area (Å²) in [6, 6.07) is 1.58. The monoisotopic (exact) mass is 179 g/mol. The zero-order valence-corrected chi connectivity index (χ0v) is 7.87. The van der Waals surface area contributed by atoms with Gasteiger partial charge in [0, 0.05) is 12.7 Å². The fraction of sp³-hybridized carbons (Fsp3) is 0.300. The van der Waals surface area contributed by atoms with E-state index in [9.17, 15) is 9.90 Å². The lowest BCUT2D eigenvalue weighted by Crippen LogP contribution is -2.22. The molecule has 0 aliphatic carbocycles. The van der Waals surface area contributed by atoms with Crippen molar-refractivity contribution in [2.75, 3.05) is 0 Å². The minimum Gasteiger partial charge on any atom is -0.507 e. The molecule has 0 radical (unpaired) electrons. The van der Waals surface area contributed by atoms with Crippen LogP contribution in [0.2, 0.25) is 0 Å². The zero-order valence-electron chi connectivity index (χ0n) is 7.87. The SMILES string of the molecule is C=CCc1c(O)cc(C)n(C)c1=O. The van der Waals surface area contributed by atoms with E-state index in [4.69, 9.17) is 0 Å². The Balaban J connectivity index is 3.43. The van der Waals surface area contributed by atoms with Crippen LogP contribution in [0.25, 0.3) is 0 Å². The number of nitrogens with zero attached hydrogens (tertiary/aromatic N) is 1. The highest BCUT2D eigenvalue weighted by molar-refractivity contribution is 5.33. The van der Waals surface area contributed by atoms with Gasteiger partial charge in [0.15, 0.2) is 0 Å². The largest absolute Gasteiger partial charge is 0.507 e. The van der Waals surface area contributed by atoms with Crippen molar-refractivity contribution in [2.45, 2.75) is 13.3 Å². The first-order valence-corrected chi connectivity index (χ1v) is 4.07. The Morgan fingerprint density at radius 1 is 1.69 bits per heavy atom. The van der Waals surface area contributed by atoms with Gasteiger partial charge >= 0.3 is 0 Å². The summed E-state index contributed by atoms with van der Waals surface area (Å²) < 4.78 is 1.51. The van der Waals surface area contributed by atoms with Gasteiger partial charge in [-0.05, 0) is 19.4 Å². The molecule has 3 nitrogen and oxygen atoms in total. The molecule has 0 aliphatic heterocycles. The zero-order chi connectivity index (χ0) is 10.0. The number of allylic oxidation sites excluding steroid dienone is 1. The Kier molecular flexibility index (Phi) is 2.56. The Hall–Kier alpha value is -1.51. The van der Waals surface area contributed by atoms with E-state index >= 15 is 0 Å². The van der Waals surface area contributed by atoms with E-state index in [-0.39, 0.29) is 11.3 Å². The highest BCUT2D eigenvalue weighted by Gasteiger charge is 2.07. The Morgan fingerprint density at radius 2 is 2.31 bits per heavy atom. The van der Waals surface area contributed by atoms with Crippen molar-refractivity contribution in [3.05, 3.63) is 40.3 Å². The molecule has 1 rings (SSSR count). The van der Waals surface area contributed by atoms with Gasteiger partial charge in [0.25, 0.3) is 5.56 Å². The molecule has 0 spiro atoms. The van der Waals surface area contributed by atoms with Crippen molar-refractivity contribution in [1.82, 2.24) is 4.57 Å². The predicted octanol–water partition coefficient (Wildman–Crippen LogP) is 1.13. The molecule has 1 heterocycles. The van der Waals surface area contributed by atoms with Gasteiger partial charge in [0.05, 0.1) is 5.56 Å². The van der Waals surface area contributed by atoms with Crippen LogP contribution < -0.4 is 5.56 Å². The lowest BCUT2D eigenvalue weighted by atomic mass is 10.1. The number of hydrogen-bond donors (Lipinski definition) is 1. The van der Waals surface area contributed by atoms with E-state index in [0.29, 0.717) is 12.0 Å². The maximum Gasteiger partial charge on any atom is 0.257 e. The molecular formula is C10H13NO2. The van der Waals surface area contributed by atoms with Gasteiger partial charge in [-0.1, -0.05) is 6.08 Å². The molecule has 13 heavy (non-hydrogen) atoms. The van der Waals surface area contributed by atoms with Gasteiger partial charge in [0.1, 0.15) is 5.75 Å². The fourth-order valence-corrected chi connectivity index (χ4v) is 1.19. The second-order valence-corrected chi connectivity index (χ2v) is 3.01. The maximum absolute atomic E-state index is 11.6. The van der Waals surface area contributed by atoms with E-state index in [1.54, 1.807) is 26.1 Å². The quantitative estimate of drug-likeness (QED) is 0.691. The molecule has 0 aliphatic rings. The van der Waals surface area contributed by atoms with E-state index in [0.717, 1.165) is 5.69 Å². The van der Waals surface area contributed by atoms with Crippen LogP contribution in [0.1, 0.15) is 11.3 Å². The lowest BCUT2D eigenvalue weighted by molar-refractivity contribution is 0.464. The Labute approximate surface area is 77.0 Å². The molecule has 0 saturated carbocycles. The van der Waals surface area contributed by atoms with Crippen LogP contribution in [0.3, 0.4) is 0 Å². The third-order valence-electron chi connectivity index (χ3n) is 2.10. The molecule has 0 aromatic carbocycles. The molecule has 0 bridgehead atoms. The van der Waals surface area contributed by atoms with Crippen molar-refractivity contribution in [3.63, 3.8) is 0 Å². The van der Waals surface area contributed by atoms with Crippen LogP contribution in [0, 0.1) is 6.92 Å². The van der Waals surface area contributed by atoms with Crippen LogP contribution in [-0.4, -0.2) is 9.67 Å². The van der Waals surface area contributed by atoms with Gasteiger partial charge in [-0.2, -0.15) is 0 Å². The lowest BCUT2D eigenvalue weighted by Gasteiger charge is -2.07. The fourth-order valence-electron chi connectivity index (χ4n) is 1.19. The summed E-state index contributed by atoms with van der Waals surface area (Å²) >= 11 is 0. The van der Waals surface area contributed by atoms with Crippen LogP contribution in [0.4, 0.5) is 0 Å². The third-order valence-corrected chi connectivity index (χ3v) is 2.10. The molecule has 1 aromatic rings. The number of rotatable bonds is 2. The van der Waals surface area contributed by atoms with Crippen molar-refractivity contribution < 1.29 is 5.11 Å². The van der Waals surface area contributed by atoms with Crippen LogP contribution in [0.5, 0.6) is 5.75 Å². The normalized spacial score (nSPS) is 10.0. The highest BCUT2D eigenvalue weighted by atomic mass is 16.3. The highest BCUT2D eigenvalue weighted by Crippen LogP contribution is 2.14. The van der Waals surface area contributed by atoms with Crippen molar-refractivity contribution in [3.8, 4) is 5.75 Å². The smallest absolute Gasteiger partial charge is 0.257 e. The molecule has 0 atom stereocenters. The van der Waals surface area contributed by atoms with E-state index in [1.165, 1.54) is 4.57 Å². The Morgan fingerprint density at radius 3 is 2.85 bits per heavy atom. The summed E-state index contributed by atoms with van der Waals surface area (Å²) in [5.41, 5.74) is 0.996. The molecule has 0 amide bonds. The average Bonchev–Trinajstić information content (AvgIpc) is 2.09. The molecular weight excluding hydrogens is 166 g/mol. The minimum atomic E-state index is -0.155. The number of aromatic hydroxyl groups is 1. The van der Waals surface area contributed by atoms with E-state index < -0.39 is 0 Å². The molecule has 1 N–H and O–H groups in total. The molecule has 70 valence electrons. The van der Waals surface area contributed by atoms with E-state index in [2.05, 4.69) is 6.58 Å². The van der Waals surface area contributed by atoms with Crippen molar-refractivity contribution in [2.24, 2.45) is 7.05 Å². The molecule has 0 saturated heterocycles. The first-order chi connectivity index (χ1) is 6.07. The Bertz CT molecular complexity index is 391. The number of aromatic nitrogens is 1. The van der Waals surface area contributed by atoms with Crippen LogP contribution >= 0.6 is 0 Å². The predicted molar refractivity (Wildman–Crippen MR) is 52.0 cm³/mol. The summed E-state index contributed by atoms with van der Waals surface area (Å²) in [7, 11) is 1.68. The van der Waals surface area contributed by atoms with Crippen LogP contribution in [0.15, 0.2) is 23.5 Å². The number of pyridine rings is 1. The average molecular weight is 179 g/mol. The molecule has 0 fully saturated rings. The van der Waals surface area contributed by atoms with Crippen molar-refractivity contribution in [1.29, 1.82) is 0 Å². The van der Waals surface area contributed by atoms with Gasteiger partial charge in [0.2, 0.25) is 0 Å². The topological polar surface area (TPSA) is 42.2 Å². The number of aryl methyl sites for hydroxylation is 1. The van der Waals surface area contributed by atoms with E-state index in [1.807, 2.05) is 0 Å². The second-order valence-electron chi connectivity index (χ2n) is 3.01. The summed E-state index contributed by atoms with van der Waals surface area (Å²) in [4.78, 5) is 11.6. The molecule has 1 aromatic heterocycles. The first kappa shape index (κ1) is 9.58. The maximum atomic E-state index is 11.6. The van der Waals surface area contributed by atoms with Crippen molar-refractivity contribution >= 4 is 0 Å². The molecule has 3 heteroatoms. The second kappa shape index (κ2) is 3.47. The summed E-state index contributed by atoms with van der Waals surface area (Å²) in [6.45, 7) is 5.31. The van der Waals surface area contributed by atoms with Crippen LogP contribution in [-0.2, 0) is 13.5 Å². The third kappa shape index (κ3) is 1.64. The summed E-state index contributed by atoms with van der Waals surface area (Å²) in [6.07, 6.45) is 2.00. The minimum absolute atomic E-state index is 0.0560. The number of hydrogen-bond acceptors (Lipinski definition) is 2. The standard InChI is InChI=1S/C10H13NO2/c1-4-5-8-9(12)6-7(2)11(3)10(8)13/h4,6,12H,1,5H2,2-3H3. The summed E-state index contributed by atoms with van der Waals surface area (Å²) in [5.74, 6) is 0.0560.